The Morgan fingerprint density at radius 2 is 1.96 bits per heavy atom. The van der Waals surface area contributed by atoms with Crippen molar-refractivity contribution in [1.29, 1.82) is 0 Å². The van der Waals surface area contributed by atoms with Crippen molar-refractivity contribution in [3.63, 3.8) is 0 Å². The molecule has 1 saturated heterocycles. The average molecular weight is 412 g/mol. The van der Waals surface area contributed by atoms with E-state index in [-0.39, 0.29) is 35.6 Å². The van der Waals surface area contributed by atoms with E-state index in [2.05, 4.69) is 10.6 Å². The number of nitro benzene ring substituents is 1. The minimum absolute atomic E-state index is 0. The van der Waals surface area contributed by atoms with Crippen molar-refractivity contribution in [2.75, 3.05) is 13.1 Å². The molecule has 1 aliphatic heterocycles. The number of carbonyl (C=O) groups excluding carboxylic acids is 1. The van der Waals surface area contributed by atoms with Crippen molar-refractivity contribution in [1.82, 2.24) is 10.6 Å². The van der Waals surface area contributed by atoms with Gasteiger partial charge >= 0.3 is 0 Å². The maximum absolute atomic E-state index is 13.6. The number of nitrogens with one attached hydrogen (secondary N) is 2. The highest BCUT2D eigenvalue weighted by Gasteiger charge is 2.29. The standard InChI is InChI=1S/C19H19F2N3O3.ClH/c1-11-6-13(8-14(7-11)24(26)27)19(25)23-18-10-22-5-4-15(18)12-2-3-16(20)17(21)9-12;/h2-3,6-9,15,18,22H,4-5,10H2,1H3,(H,23,25);1H. The summed E-state index contributed by atoms with van der Waals surface area (Å²) in [6.45, 7) is 2.82. The molecule has 150 valence electrons. The van der Waals surface area contributed by atoms with Gasteiger partial charge in [-0.15, -0.1) is 12.4 Å². The number of nitrogens with zero attached hydrogens (tertiary/aromatic N) is 1. The van der Waals surface area contributed by atoms with Crippen LogP contribution >= 0.6 is 12.4 Å². The third-order valence-electron chi connectivity index (χ3n) is 4.71. The Balaban J connectivity index is 0.00000280. The van der Waals surface area contributed by atoms with Crippen LogP contribution in [-0.4, -0.2) is 30.0 Å². The van der Waals surface area contributed by atoms with Crippen LogP contribution in [0.15, 0.2) is 36.4 Å². The number of aryl methyl sites for hydroxylation is 1. The van der Waals surface area contributed by atoms with Gasteiger partial charge in [-0.1, -0.05) is 6.07 Å². The van der Waals surface area contributed by atoms with E-state index in [1.807, 2.05) is 0 Å². The molecule has 1 heterocycles. The summed E-state index contributed by atoms with van der Waals surface area (Å²) in [5.41, 5.74) is 1.25. The number of nitro groups is 1. The molecular formula is C19H20ClF2N3O3. The summed E-state index contributed by atoms with van der Waals surface area (Å²) in [6, 6.07) is 7.60. The lowest BCUT2D eigenvalue weighted by atomic mass is 9.85. The number of hydrogen-bond acceptors (Lipinski definition) is 4. The van der Waals surface area contributed by atoms with Crippen molar-refractivity contribution >= 4 is 24.0 Å². The molecule has 1 amide bonds. The maximum atomic E-state index is 13.6. The molecule has 2 unspecified atom stereocenters. The SMILES string of the molecule is Cc1cc(C(=O)NC2CNCCC2c2ccc(F)c(F)c2)cc([N+](=O)[O-])c1.Cl. The van der Waals surface area contributed by atoms with Crippen LogP contribution in [0, 0.1) is 28.7 Å². The summed E-state index contributed by atoms with van der Waals surface area (Å²) in [5.74, 6) is -2.47. The highest BCUT2D eigenvalue weighted by molar-refractivity contribution is 5.95. The first kappa shape index (κ1) is 21.7. The Hall–Kier alpha value is -2.58. The molecule has 0 bridgehead atoms. The van der Waals surface area contributed by atoms with Crippen LogP contribution in [0.2, 0.25) is 0 Å². The number of benzene rings is 2. The zero-order chi connectivity index (χ0) is 19.6. The predicted molar refractivity (Wildman–Crippen MR) is 103 cm³/mol. The molecule has 28 heavy (non-hydrogen) atoms. The molecule has 6 nitrogen and oxygen atoms in total. The number of amides is 1. The molecule has 2 aromatic rings. The van der Waals surface area contributed by atoms with E-state index in [9.17, 15) is 23.7 Å². The lowest BCUT2D eigenvalue weighted by molar-refractivity contribution is -0.384. The van der Waals surface area contributed by atoms with E-state index in [0.29, 0.717) is 30.6 Å². The Bertz CT molecular complexity index is 895. The van der Waals surface area contributed by atoms with Crippen LogP contribution in [0.5, 0.6) is 0 Å². The lowest BCUT2D eigenvalue weighted by Gasteiger charge is -2.33. The van der Waals surface area contributed by atoms with Crippen LogP contribution < -0.4 is 10.6 Å². The number of halogens is 3. The molecule has 2 N–H and O–H groups in total. The van der Waals surface area contributed by atoms with Gasteiger partial charge in [-0.05, 0) is 49.2 Å². The van der Waals surface area contributed by atoms with Crippen LogP contribution in [0.3, 0.4) is 0 Å². The number of rotatable bonds is 4. The second-order valence-corrected chi connectivity index (χ2v) is 6.67. The molecule has 3 rings (SSSR count). The van der Waals surface area contributed by atoms with E-state index in [1.165, 1.54) is 18.2 Å². The third-order valence-corrected chi connectivity index (χ3v) is 4.71. The van der Waals surface area contributed by atoms with Crippen LogP contribution in [0.4, 0.5) is 14.5 Å². The Labute approximate surface area is 166 Å². The first-order chi connectivity index (χ1) is 12.8. The second kappa shape index (κ2) is 9.07. The predicted octanol–water partition coefficient (Wildman–Crippen LogP) is 3.48. The van der Waals surface area contributed by atoms with Gasteiger partial charge in [0.1, 0.15) is 0 Å². The van der Waals surface area contributed by atoms with E-state index in [0.717, 1.165) is 12.1 Å². The summed E-state index contributed by atoms with van der Waals surface area (Å²) in [7, 11) is 0. The first-order valence-corrected chi connectivity index (χ1v) is 8.58. The minimum atomic E-state index is -0.926. The van der Waals surface area contributed by atoms with Gasteiger partial charge in [-0.3, -0.25) is 14.9 Å². The average Bonchev–Trinajstić information content (AvgIpc) is 2.64. The Kier molecular flexibility index (Phi) is 7.04. The van der Waals surface area contributed by atoms with Gasteiger partial charge in [0.25, 0.3) is 11.6 Å². The van der Waals surface area contributed by atoms with Crippen molar-refractivity contribution in [3.8, 4) is 0 Å². The summed E-state index contributed by atoms with van der Waals surface area (Å²) in [6.07, 6.45) is 0.643. The fourth-order valence-corrected chi connectivity index (χ4v) is 3.40. The van der Waals surface area contributed by atoms with Gasteiger partial charge in [0.15, 0.2) is 11.6 Å². The maximum Gasteiger partial charge on any atom is 0.270 e. The minimum Gasteiger partial charge on any atom is -0.347 e. The highest BCUT2D eigenvalue weighted by Crippen LogP contribution is 2.27. The van der Waals surface area contributed by atoms with Gasteiger partial charge in [0.05, 0.1) is 4.92 Å². The Morgan fingerprint density at radius 3 is 2.64 bits per heavy atom. The monoisotopic (exact) mass is 411 g/mol. The Morgan fingerprint density at radius 1 is 1.21 bits per heavy atom. The molecule has 2 aromatic carbocycles. The summed E-state index contributed by atoms with van der Waals surface area (Å²) in [5, 5.41) is 17.1. The molecule has 1 fully saturated rings. The summed E-state index contributed by atoms with van der Waals surface area (Å²) < 4.78 is 26.8. The van der Waals surface area contributed by atoms with Gasteiger partial charge in [0, 0.05) is 36.2 Å². The van der Waals surface area contributed by atoms with Crippen molar-refractivity contribution in [2.45, 2.75) is 25.3 Å². The fourth-order valence-electron chi connectivity index (χ4n) is 3.40. The summed E-state index contributed by atoms with van der Waals surface area (Å²) in [4.78, 5) is 23.1. The first-order valence-electron chi connectivity index (χ1n) is 8.58. The smallest absolute Gasteiger partial charge is 0.270 e. The molecule has 0 radical (unpaired) electrons. The number of hydrogen-bond donors (Lipinski definition) is 2. The van der Waals surface area contributed by atoms with Gasteiger partial charge < -0.3 is 10.6 Å². The topological polar surface area (TPSA) is 84.3 Å². The van der Waals surface area contributed by atoms with E-state index >= 15 is 0 Å². The highest BCUT2D eigenvalue weighted by atomic mass is 35.5. The van der Waals surface area contributed by atoms with Crippen molar-refractivity contribution < 1.29 is 18.5 Å². The molecule has 0 saturated carbocycles. The molecule has 1 aliphatic rings. The zero-order valence-electron chi connectivity index (χ0n) is 15.1. The molecule has 9 heteroatoms. The second-order valence-electron chi connectivity index (χ2n) is 6.67. The van der Waals surface area contributed by atoms with Gasteiger partial charge in [0.2, 0.25) is 0 Å². The van der Waals surface area contributed by atoms with Crippen LogP contribution in [0.25, 0.3) is 0 Å². The van der Waals surface area contributed by atoms with Crippen LogP contribution in [-0.2, 0) is 0 Å². The van der Waals surface area contributed by atoms with E-state index < -0.39 is 22.5 Å². The van der Waals surface area contributed by atoms with Crippen molar-refractivity contribution in [2.24, 2.45) is 0 Å². The third kappa shape index (κ3) is 4.82. The van der Waals surface area contributed by atoms with Crippen molar-refractivity contribution in [3.05, 3.63) is 74.8 Å². The molecule has 0 aromatic heterocycles. The number of carbonyl (C=O) groups is 1. The fraction of sp³-hybridized carbons (Fsp3) is 0.316. The molecular weight excluding hydrogens is 392 g/mol. The largest absolute Gasteiger partial charge is 0.347 e. The lowest BCUT2D eigenvalue weighted by Crippen LogP contribution is -2.50. The normalized spacial score (nSPS) is 18.8. The molecule has 2 atom stereocenters. The number of piperidine rings is 1. The van der Waals surface area contributed by atoms with E-state index in [1.54, 1.807) is 13.0 Å². The van der Waals surface area contributed by atoms with Crippen LogP contribution in [0.1, 0.15) is 33.8 Å². The van der Waals surface area contributed by atoms with Gasteiger partial charge in [-0.2, -0.15) is 0 Å². The van der Waals surface area contributed by atoms with E-state index in [4.69, 9.17) is 0 Å². The molecule has 0 aliphatic carbocycles. The molecule has 0 spiro atoms. The summed E-state index contributed by atoms with van der Waals surface area (Å²) >= 11 is 0. The quantitative estimate of drug-likeness (QED) is 0.596. The number of non-ortho nitro benzene ring substituents is 1. The van der Waals surface area contributed by atoms with Gasteiger partial charge in [-0.25, -0.2) is 8.78 Å². The zero-order valence-corrected chi connectivity index (χ0v) is 15.9.